The van der Waals surface area contributed by atoms with Crippen LogP contribution >= 0.6 is 0 Å². The third kappa shape index (κ3) is 1.75. The molecule has 0 bridgehead atoms. The monoisotopic (exact) mass is 265 g/mol. The lowest BCUT2D eigenvalue weighted by Gasteiger charge is -2.16. The fraction of sp³-hybridized carbons (Fsp3) is 0.500. The second kappa shape index (κ2) is 4.38. The van der Waals surface area contributed by atoms with Crippen LogP contribution in [0.3, 0.4) is 0 Å². The van der Waals surface area contributed by atoms with Crippen molar-refractivity contribution in [2.24, 2.45) is 11.5 Å². The SMILES string of the molecule is NCC1OC(n2cnc3c(N)ncnc32)C(O)C1N. The molecule has 1 fully saturated rings. The molecule has 0 aromatic carbocycles. The van der Waals surface area contributed by atoms with E-state index in [1.54, 1.807) is 4.57 Å². The van der Waals surface area contributed by atoms with E-state index in [0.717, 1.165) is 0 Å². The van der Waals surface area contributed by atoms with E-state index in [9.17, 15) is 5.11 Å². The van der Waals surface area contributed by atoms with Crippen LogP contribution in [0.5, 0.6) is 0 Å². The van der Waals surface area contributed by atoms with Gasteiger partial charge < -0.3 is 27.0 Å². The van der Waals surface area contributed by atoms with Gasteiger partial charge in [-0.25, -0.2) is 15.0 Å². The molecule has 1 saturated heterocycles. The van der Waals surface area contributed by atoms with Crippen molar-refractivity contribution in [1.29, 1.82) is 0 Å². The highest BCUT2D eigenvalue weighted by molar-refractivity contribution is 5.81. The number of hydrogen-bond acceptors (Lipinski definition) is 8. The smallest absolute Gasteiger partial charge is 0.167 e. The Morgan fingerprint density at radius 2 is 2.16 bits per heavy atom. The maximum atomic E-state index is 10.1. The van der Waals surface area contributed by atoms with E-state index >= 15 is 0 Å². The molecule has 0 spiro atoms. The molecule has 3 rings (SSSR count). The second-order valence-corrected chi connectivity index (χ2v) is 4.45. The van der Waals surface area contributed by atoms with Crippen molar-refractivity contribution in [2.45, 2.75) is 24.5 Å². The number of hydrogen-bond donors (Lipinski definition) is 4. The Morgan fingerprint density at radius 3 is 2.84 bits per heavy atom. The number of nitrogens with two attached hydrogens (primary N) is 3. The Labute approximate surface area is 108 Å². The number of aliphatic hydroxyl groups is 1. The molecule has 3 heterocycles. The summed E-state index contributed by atoms with van der Waals surface area (Å²) in [6.45, 7) is 0.235. The first-order valence-corrected chi connectivity index (χ1v) is 5.85. The lowest BCUT2D eigenvalue weighted by molar-refractivity contribution is -0.0321. The van der Waals surface area contributed by atoms with Crippen molar-refractivity contribution in [3.63, 3.8) is 0 Å². The number of ether oxygens (including phenoxy) is 1. The summed E-state index contributed by atoms with van der Waals surface area (Å²) in [6, 6.07) is -0.549. The molecule has 9 heteroatoms. The summed E-state index contributed by atoms with van der Waals surface area (Å²) < 4.78 is 7.24. The summed E-state index contributed by atoms with van der Waals surface area (Å²) in [5, 5.41) is 10.1. The summed E-state index contributed by atoms with van der Waals surface area (Å²) in [6.07, 6.45) is 0.855. The number of rotatable bonds is 2. The molecule has 2 aromatic heterocycles. The summed E-state index contributed by atoms with van der Waals surface area (Å²) in [5.74, 6) is 0.274. The highest BCUT2D eigenvalue weighted by Crippen LogP contribution is 2.30. The predicted molar refractivity (Wildman–Crippen MR) is 66.7 cm³/mol. The van der Waals surface area contributed by atoms with Gasteiger partial charge in [-0.3, -0.25) is 4.57 Å². The van der Waals surface area contributed by atoms with Crippen LogP contribution in [0.2, 0.25) is 0 Å². The molecule has 102 valence electrons. The van der Waals surface area contributed by atoms with Crippen LogP contribution in [0.1, 0.15) is 6.23 Å². The first-order valence-electron chi connectivity index (χ1n) is 5.85. The topological polar surface area (TPSA) is 151 Å². The van der Waals surface area contributed by atoms with Crippen LogP contribution in [0.25, 0.3) is 11.2 Å². The fourth-order valence-electron chi connectivity index (χ4n) is 2.26. The van der Waals surface area contributed by atoms with Gasteiger partial charge in [0, 0.05) is 6.54 Å². The quantitative estimate of drug-likeness (QED) is 0.484. The van der Waals surface area contributed by atoms with E-state index in [0.29, 0.717) is 11.2 Å². The van der Waals surface area contributed by atoms with Gasteiger partial charge >= 0.3 is 0 Å². The summed E-state index contributed by atoms with van der Waals surface area (Å²) in [5.41, 5.74) is 18.1. The second-order valence-electron chi connectivity index (χ2n) is 4.45. The average Bonchev–Trinajstić information content (AvgIpc) is 2.94. The largest absolute Gasteiger partial charge is 0.387 e. The van der Waals surface area contributed by atoms with Crippen LogP contribution in [0, 0.1) is 0 Å². The van der Waals surface area contributed by atoms with Gasteiger partial charge in [0.25, 0.3) is 0 Å². The van der Waals surface area contributed by atoms with Crippen LogP contribution in [-0.2, 0) is 4.74 Å². The average molecular weight is 265 g/mol. The van der Waals surface area contributed by atoms with Crippen molar-refractivity contribution in [2.75, 3.05) is 12.3 Å². The van der Waals surface area contributed by atoms with Crippen molar-refractivity contribution in [3.05, 3.63) is 12.7 Å². The van der Waals surface area contributed by atoms with E-state index in [1.165, 1.54) is 12.7 Å². The van der Waals surface area contributed by atoms with E-state index in [2.05, 4.69) is 15.0 Å². The predicted octanol–water partition coefficient (Wildman–Crippen LogP) is -2.05. The minimum Gasteiger partial charge on any atom is -0.387 e. The number of nitrogens with zero attached hydrogens (tertiary/aromatic N) is 4. The highest BCUT2D eigenvalue weighted by atomic mass is 16.5. The summed E-state index contributed by atoms with van der Waals surface area (Å²) >= 11 is 0. The van der Waals surface area contributed by atoms with Crippen molar-refractivity contribution >= 4 is 17.0 Å². The molecule has 1 aliphatic heterocycles. The minimum atomic E-state index is -0.887. The Kier molecular flexibility index (Phi) is 2.82. The van der Waals surface area contributed by atoms with Crippen LogP contribution in [0.4, 0.5) is 5.82 Å². The number of aliphatic hydroxyl groups excluding tert-OH is 1. The zero-order valence-electron chi connectivity index (χ0n) is 10.0. The normalized spacial score (nSPS) is 31.1. The standard InChI is InChI=1S/C10H15N7O2/c11-1-4-5(12)7(18)10(19-4)17-3-16-6-8(13)14-2-15-9(6)17/h2-5,7,10,18H,1,11-12H2,(H2,13,14,15). The van der Waals surface area contributed by atoms with E-state index in [1.807, 2.05) is 0 Å². The molecule has 4 atom stereocenters. The molecule has 1 aliphatic rings. The first-order chi connectivity index (χ1) is 9.13. The first kappa shape index (κ1) is 12.2. The Balaban J connectivity index is 2.04. The minimum absolute atomic E-state index is 0.235. The van der Waals surface area contributed by atoms with Crippen molar-refractivity contribution in [3.8, 4) is 0 Å². The molecular formula is C10H15N7O2. The molecule has 0 amide bonds. The number of fused-ring (bicyclic) bond motifs is 1. The molecule has 0 radical (unpaired) electrons. The fourth-order valence-corrected chi connectivity index (χ4v) is 2.26. The van der Waals surface area contributed by atoms with E-state index < -0.39 is 24.5 Å². The number of nitrogen functional groups attached to an aromatic ring is 1. The van der Waals surface area contributed by atoms with Crippen LogP contribution in [-0.4, -0.2) is 49.4 Å². The lowest BCUT2D eigenvalue weighted by atomic mass is 10.1. The van der Waals surface area contributed by atoms with Crippen LogP contribution < -0.4 is 17.2 Å². The van der Waals surface area contributed by atoms with Gasteiger partial charge in [0.15, 0.2) is 17.7 Å². The molecule has 0 aliphatic carbocycles. The molecule has 9 nitrogen and oxygen atoms in total. The molecule has 4 unspecified atom stereocenters. The zero-order chi connectivity index (χ0) is 13.6. The molecular weight excluding hydrogens is 250 g/mol. The van der Waals surface area contributed by atoms with Gasteiger partial charge in [0.2, 0.25) is 0 Å². The Hall–Kier alpha value is -1.81. The van der Waals surface area contributed by atoms with Crippen molar-refractivity contribution < 1.29 is 9.84 Å². The van der Waals surface area contributed by atoms with Gasteiger partial charge in [-0.05, 0) is 0 Å². The third-order valence-electron chi connectivity index (χ3n) is 3.32. The number of aromatic nitrogens is 4. The Bertz CT molecular complexity index is 601. The van der Waals surface area contributed by atoms with Gasteiger partial charge in [-0.15, -0.1) is 0 Å². The van der Waals surface area contributed by atoms with Gasteiger partial charge in [0.1, 0.15) is 17.9 Å². The zero-order valence-corrected chi connectivity index (χ0v) is 10.0. The number of imidazole rings is 1. The van der Waals surface area contributed by atoms with E-state index in [-0.39, 0.29) is 12.4 Å². The summed E-state index contributed by atoms with van der Waals surface area (Å²) in [7, 11) is 0. The van der Waals surface area contributed by atoms with Crippen LogP contribution in [0.15, 0.2) is 12.7 Å². The molecule has 7 N–H and O–H groups in total. The third-order valence-corrected chi connectivity index (χ3v) is 3.32. The van der Waals surface area contributed by atoms with E-state index in [4.69, 9.17) is 21.9 Å². The van der Waals surface area contributed by atoms with Gasteiger partial charge in [-0.2, -0.15) is 0 Å². The Morgan fingerprint density at radius 1 is 1.37 bits per heavy atom. The molecule has 19 heavy (non-hydrogen) atoms. The van der Waals surface area contributed by atoms with Crippen molar-refractivity contribution in [1.82, 2.24) is 19.5 Å². The van der Waals surface area contributed by atoms with Gasteiger partial charge in [0.05, 0.1) is 18.5 Å². The maximum Gasteiger partial charge on any atom is 0.167 e. The van der Waals surface area contributed by atoms with Gasteiger partial charge in [-0.1, -0.05) is 0 Å². The molecule has 2 aromatic rings. The number of anilines is 1. The maximum absolute atomic E-state index is 10.1. The highest BCUT2D eigenvalue weighted by Gasteiger charge is 2.42. The molecule has 0 saturated carbocycles. The summed E-state index contributed by atoms with van der Waals surface area (Å²) in [4.78, 5) is 12.1. The lowest BCUT2D eigenvalue weighted by Crippen LogP contribution is -2.42.